The molecule has 0 N–H and O–H groups in total. The largest absolute Gasteiger partial charge is 0.466 e. The summed E-state index contributed by atoms with van der Waals surface area (Å²) >= 11 is 5.85. The Morgan fingerprint density at radius 3 is 2.82 bits per heavy atom. The van der Waals surface area contributed by atoms with Gasteiger partial charge in [0.05, 0.1) is 12.1 Å². The van der Waals surface area contributed by atoms with E-state index in [-0.39, 0.29) is 22.7 Å². The lowest BCUT2D eigenvalue weighted by atomic mass is 10.3. The molecule has 1 heterocycles. The summed E-state index contributed by atoms with van der Waals surface area (Å²) < 4.78 is 28.2. The molecule has 0 saturated heterocycles. The molecule has 2 aromatic rings. The first-order chi connectivity index (χ1) is 10.5. The fourth-order valence-electron chi connectivity index (χ4n) is 1.49. The van der Waals surface area contributed by atoms with Crippen LogP contribution in [0.15, 0.2) is 30.5 Å². The number of esters is 1. The number of ether oxygens (including phenoxy) is 3. The maximum absolute atomic E-state index is 13.0. The molecule has 0 saturated carbocycles. The molecule has 1 unspecified atom stereocenters. The molecular weight excluding hydrogens is 315 g/mol. The topological polar surface area (TPSA) is 70.5 Å². The highest BCUT2D eigenvalue weighted by molar-refractivity contribution is 6.32. The summed E-state index contributed by atoms with van der Waals surface area (Å²) in [6.07, 6.45) is 0.557. The van der Waals surface area contributed by atoms with Crippen LogP contribution in [-0.4, -0.2) is 29.2 Å². The molecule has 116 valence electrons. The molecule has 2 rings (SSSR count). The van der Waals surface area contributed by atoms with E-state index in [0.717, 1.165) is 6.07 Å². The van der Waals surface area contributed by atoms with Crippen molar-refractivity contribution < 1.29 is 23.4 Å². The number of methoxy groups -OCH3 is 1. The Labute approximate surface area is 130 Å². The highest BCUT2D eigenvalue weighted by Gasteiger charge is 2.16. The molecule has 1 atom stereocenters. The van der Waals surface area contributed by atoms with E-state index in [0.29, 0.717) is 0 Å². The van der Waals surface area contributed by atoms with Crippen LogP contribution in [0.3, 0.4) is 0 Å². The van der Waals surface area contributed by atoms with Crippen LogP contribution < -0.4 is 9.47 Å². The van der Waals surface area contributed by atoms with Gasteiger partial charge in [0.2, 0.25) is 5.88 Å². The smallest absolute Gasteiger partial charge is 0.346 e. The van der Waals surface area contributed by atoms with Gasteiger partial charge in [-0.3, -0.25) is 0 Å². The van der Waals surface area contributed by atoms with Crippen molar-refractivity contribution in [3.63, 3.8) is 0 Å². The predicted octanol–water partition coefficient (Wildman–Crippen LogP) is 3.00. The quantitative estimate of drug-likeness (QED) is 0.787. The molecule has 8 heteroatoms. The molecule has 1 aromatic carbocycles. The van der Waals surface area contributed by atoms with E-state index in [1.165, 1.54) is 38.4 Å². The summed E-state index contributed by atoms with van der Waals surface area (Å²) in [5, 5.41) is 0.0813. The zero-order valence-electron chi connectivity index (χ0n) is 11.7. The minimum Gasteiger partial charge on any atom is -0.466 e. The molecule has 0 spiro atoms. The Balaban J connectivity index is 2.13. The highest BCUT2D eigenvalue weighted by atomic mass is 35.5. The Morgan fingerprint density at radius 1 is 1.36 bits per heavy atom. The Morgan fingerprint density at radius 2 is 2.14 bits per heavy atom. The van der Waals surface area contributed by atoms with E-state index < -0.39 is 17.9 Å². The molecule has 0 bridgehead atoms. The third kappa shape index (κ3) is 4.05. The maximum Gasteiger partial charge on any atom is 0.346 e. The molecule has 0 aliphatic heterocycles. The first-order valence-corrected chi connectivity index (χ1v) is 6.58. The molecule has 1 aromatic heterocycles. The van der Waals surface area contributed by atoms with E-state index in [1.54, 1.807) is 0 Å². The van der Waals surface area contributed by atoms with Gasteiger partial charge >= 0.3 is 12.0 Å². The number of aromatic nitrogens is 2. The van der Waals surface area contributed by atoms with Crippen molar-refractivity contribution in [2.75, 3.05) is 7.11 Å². The molecular formula is C14H12ClFN2O4. The molecule has 22 heavy (non-hydrogen) atoms. The van der Waals surface area contributed by atoms with Gasteiger partial charge in [0.25, 0.3) is 0 Å². The minimum absolute atomic E-state index is 0.0527. The number of halogens is 2. The van der Waals surface area contributed by atoms with Crippen molar-refractivity contribution in [2.24, 2.45) is 0 Å². The van der Waals surface area contributed by atoms with Crippen LogP contribution in [0.1, 0.15) is 6.92 Å². The highest BCUT2D eigenvalue weighted by Crippen LogP contribution is 2.28. The second kappa shape index (κ2) is 7.04. The summed E-state index contributed by atoms with van der Waals surface area (Å²) in [5.74, 6) is -0.702. The van der Waals surface area contributed by atoms with Crippen molar-refractivity contribution >= 4 is 17.6 Å². The fraction of sp³-hybridized carbons (Fsp3) is 0.214. The first kappa shape index (κ1) is 16.0. The standard InChI is InChI=1S/C14H12ClFN2O4/c1-8(13(19)20-2)21-12-5-6-17-14(18-12)22-11-4-3-9(16)7-10(11)15/h3-8H,1-2H3. The second-order valence-electron chi connectivity index (χ2n) is 4.14. The molecule has 0 aliphatic carbocycles. The van der Waals surface area contributed by atoms with Crippen LogP contribution in [0.5, 0.6) is 17.6 Å². The van der Waals surface area contributed by atoms with Crippen molar-refractivity contribution in [1.29, 1.82) is 0 Å². The van der Waals surface area contributed by atoms with Gasteiger partial charge in [-0.25, -0.2) is 14.2 Å². The lowest BCUT2D eigenvalue weighted by Crippen LogP contribution is -2.25. The van der Waals surface area contributed by atoms with Gasteiger partial charge in [0.15, 0.2) is 6.10 Å². The summed E-state index contributed by atoms with van der Waals surface area (Å²) in [6, 6.07) is 5.06. The zero-order chi connectivity index (χ0) is 16.1. The fourth-order valence-corrected chi connectivity index (χ4v) is 1.70. The summed E-state index contributed by atoms with van der Waals surface area (Å²) in [4.78, 5) is 19.2. The van der Waals surface area contributed by atoms with E-state index in [1.807, 2.05) is 0 Å². The van der Waals surface area contributed by atoms with E-state index in [2.05, 4.69) is 14.7 Å². The van der Waals surface area contributed by atoms with Gasteiger partial charge in [0.1, 0.15) is 11.6 Å². The number of benzene rings is 1. The number of nitrogens with zero attached hydrogens (tertiary/aromatic N) is 2. The summed E-state index contributed by atoms with van der Waals surface area (Å²) in [6.45, 7) is 1.52. The lowest BCUT2D eigenvalue weighted by molar-refractivity contribution is -0.148. The van der Waals surface area contributed by atoms with Crippen molar-refractivity contribution in [3.8, 4) is 17.6 Å². The molecule has 6 nitrogen and oxygen atoms in total. The van der Waals surface area contributed by atoms with Gasteiger partial charge in [0, 0.05) is 12.3 Å². The zero-order valence-corrected chi connectivity index (χ0v) is 12.5. The van der Waals surface area contributed by atoms with Gasteiger partial charge in [-0.1, -0.05) is 11.6 Å². The molecule has 0 fully saturated rings. The SMILES string of the molecule is COC(=O)C(C)Oc1ccnc(Oc2ccc(F)cc2Cl)n1. The minimum atomic E-state index is -0.831. The Hall–Kier alpha value is -2.41. The van der Waals surface area contributed by atoms with Crippen LogP contribution in [-0.2, 0) is 9.53 Å². The van der Waals surface area contributed by atoms with E-state index in [9.17, 15) is 9.18 Å². The lowest BCUT2D eigenvalue weighted by Gasteiger charge is -2.12. The van der Waals surface area contributed by atoms with Crippen molar-refractivity contribution in [2.45, 2.75) is 13.0 Å². The normalized spacial score (nSPS) is 11.6. The van der Waals surface area contributed by atoms with Crippen LogP contribution in [0.25, 0.3) is 0 Å². The van der Waals surface area contributed by atoms with E-state index in [4.69, 9.17) is 21.1 Å². The van der Waals surface area contributed by atoms with Crippen LogP contribution >= 0.6 is 11.6 Å². The van der Waals surface area contributed by atoms with Crippen molar-refractivity contribution in [1.82, 2.24) is 9.97 Å². The van der Waals surface area contributed by atoms with Crippen molar-refractivity contribution in [3.05, 3.63) is 41.3 Å². The number of carbonyl (C=O) groups excluding carboxylic acids is 1. The van der Waals surface area contributed by atoms with Crippen LogP contribution in [0, 0.1) is 5.82 Å². The second-order valence-corrected chi connectivity index (χ2v) is 4.54. The predicted molar refractivity (Wildman–Crippen MR) is 75.6 cm³/mol. The summed E-state index contributed by atoms with van der Waals surface area (Å²) in [5.41, 5.74) is 0. The van der Waals surface area contributed by atoms with Gasteiger partial charge in [-0.05, 0) is 25.1 Å². The monoisotopic (exact) mass is 326 g/mol. The van der Waals surface area contributed by atoms with E-state index >= 15 is 0 Å². The maximum atomic E-state index is 13.0. The van der Waals surface area contributed by atoms with Gasteiger partial charge in [-0.15, -0.1) is 0 Å². The van der Waals surface area contributed by atoms with Gasteiger partial charge in [-0.2, -0.15) is 4.98 Å². The third-order valence-corrected chi connectivity index (χ3v) is 2.83. The molecule has 0 radical (unpaired) electrons. The van der Waals surface area contributed by atoms with Crippen LogP contribution in [0.4, 0.5) is 4.39 Å². The first-order valence-electron chi connectivity index (χ1n) is 6.20. The number of carbonyl (C=O) groups is 1. The number of rotatable bonds is 5. The Bertz CT molecular complexity index is 684. The summed E-state index contributed by atoms with van der Waals surface area (Å²) in [7, 11) is 1.26. The molecule has 0 amide bonds. The Kier molecular flexibility index (Phi) is 5.11. The number of hydrogen-bond donors (Lipinski definition) is 0. The molecule has 0 aliphatic rings. The number of hydrogen-bond acceptors (Lipinski definition) is 6. The van der Waals surface area contributed by atoms with Gasteiger partial charge < -0.3 is 14.2 Å². The third-order valence-electron chi connectivity index (χ3n) is 2.53. The average molecular weight is 327 g/mol. The average Bonchev–Trinajstić information content (AvgIpc) is 2.49. The van der Waals surface area contributed by atoms with Crippen LogP contribution in [0.2, 0.25) is 5.02 Å².